The molecule has 0 unspecified atom stereocenters. The fourth-order valence-corrected chi connectivity index (χ4v) is 3.25. The number of piperidine rings is 1. The Bertz CT molecular complexity index is 727. The number of hydrogen-bond acceptors (Lipinski definition) is 3. The highest BCUT2D eigenvalue weighted by Crippen LogP contribution is 2.29. The smallest absolute Gasteiger partial charge is 0.255 e. The highest BCUT2D eigenvalue weighted by Gasteiger charge is 2.16. The molecule has 0 saturated carbocycles. The van der Waals surface area contributed by atoms with Crippen LogP contribution in [0.1, 0.15) is 29.6 Å². The van der Waals surface area contributed by atoms with Crippen molar-refractivity contribution in [1.29, 1.82) is 0 Å². The van der Waals surface area contributed by atoms with E-state index in [0.29, 0.717) is 16.3 Å². The minimum Gasteiger partial charge on any atom is -0.495 e. The minimum absolute atomic E-state index is 0.177. The zero-order valence-corrected chi connectivity index (χ0v) is 14.5. The third-order valence-corrected chi connectivity index (χ3v) is 4.56. The van der Waals surface area contributed by atoms with Crippen molar-refractivity contribution in [3.05, 3.63) is 53.1 Å². The number of halogens is 1. The van der Waals surface area contributed by atoms with Gasteiger partial charge in [0.25, 0.3) is 5.91 Å². The summed E-state index contributed by atoms with van der Waals surface area (Å²) in [6, 6.07) is 13.0. The molecule has 0 aliphatic carbocycles. The number of rotatable bonds is 4. The second-order valence-electron chi connectivity index (χ2n) is 5.87. The standard InChI is InChI=1S/C19H21ClN2O2/c1-24-18-10-9-14(13-15(18)20)19(23)21-16-7-3-4-8-17(16)22-11-5-2-6-12-22/h3-4,7-10,13H,2,5-6,11-12H2,1H3,(H,21,23). The van der Waals surface area contributed by atoms with Gasteiger partial charge in [-0.3, -0.25) is 4.79 Å². The molecule has 2 aromatic rings. The van der Waals surface area contributed by atoms with Crippen LogP contribution in [0.2, 0.25) is 5.02 Å². The van der Waals surface area contributed by atoms with Gasteiger partial charge in [0.1, 0.15) is 5.75 Å². The average molecular weight is 345 g/mol. The van der Waals surface area contributed by atoms with Gasteiger partial charge in [-0.25, -0.2) is 0 Å². The van der Waals surface area contributed by atoms with Gasteiger partial charge in [-0.15, -0.1) is 0 Å². The van der Waals surface area contributed by atoms with E-state index in [9.17, 15) is 4.79 Å². The quantitative estimate of drug-likeness (QED) is 0.881. The topological polar surface area (TPSA) is 41.6 Å². The summed E-state index contributed by atoms with van der Waals surface area (Å²) < 4.78 is 5.13. The Morgan fingerprint density at radius 2 is 1.88 bits per heavy atom. The Morgan fingerprint density at radius 3 is 2.58 bits per heavy atom. The van der Waals surface area contributed by atoms with Crippen molar-refractivity contribution in [3.8, 4) is 5.75 Å². The second-order valence-corrected chi connectivity index (χ2v) is 6.28. The number of methoxy groups -OCH3 is 1. The molecule has 0 aromatic heterocycles. The van der Waals surface area contributed by atoms with Crippen LogP contribution in [0.25, 0.3) is 0 Å². The van der Waals surface area contributed by atoms with Crippen molar-refractivity contribution in [2.75, 3.05) is 30.4 Å². The molecular formula is C19H21ClN2O2. The molecule has 0 spiro atoms. The number of carbonyl (C=O) groups is 1. The van der Waals surface area contributed by atoms with Crippen molar-refractivity contribution >= 4 is 28.9 Å². The highest BCUT2D eigenvalue weighted by molar-refractivity contribution is 6.32. The van der Waals surface area contributed by atoms with Crippen LogP contribution in [0.15, 0.2) is 42.5 Å². The lowest BCUT2D eigenvalue weighted by atomic mass is 10.1. The van der Waals surface area contributed by atoms with Crippen LogP contribution in [-0.2, 0) is 0 Å². The number of nitrogens with zero attached hydrogens (tertiary/aromatic N) is 1. The minimum atomic E-state index is -0.177. The first-order valence-electron chi connectivity index (χ1n) is 8.18. The predicted molar refractivity (Wildman–Crippen MR) is 98.5 cm³/mol. The predicted octanol–water partition coefficient (Wildman–Crippen LogP) is 4.59. The maximum absolute atomic E-state index is 12.6. The first-order valence-corrected chi connectivity index (χ1v) is 8.55. The van der Waals surface area contributed by atoms with Gasteiger partial charge in [-0.05, 0) is 49.6 Å². The molecular weight excluding hydrogens is 324 g/mol. The van der Waals surface area contributed by atoms with E-state index in [1.54, 1.807) is 25.3 Å². The third kappa shape index (κ3) is 3.65. The maximum atomic E-state index is 12.6. The summed E-state index contributed by atoms with van der Waals surface area (Å²) in [5.74, 6) is 0.381. The van der Waals surface area contributed by atoms with Gasteiger partial charge in [-0.1, -0.05) is 23.7 Å². The maximum Gasteiger partial charge on any atom is 0.255 e. The van der Waals surface area contributed by atoms with E-state index in [-0.39, 0.29) is 5.91 Å². The fourth-order valence-electron chi connectivity index (χ4n) is 2.99. The molecule has 5 heteroatoms. The van der Waals surface area contributed by atoms with E-state index < -0.39 is 0 Å². The van der Waals surface area contributed by atoms with Gasteiger partial charge in [0.2, 0.25) is 0 Å². The zero-order chi connectivity index (χ0) is 16.9. The SMILES string of the molecule is COc1ccc(C(=O)Nc2ccccc2N2CCCCC2)cc1Cl. The summed E-state index contributed by atoms with van der Waals surface area (Å²) in [6.07, 6.45) is 3.65. The molecule has 1 amide bonds. The number of anilines is 2. The molecule has 1 saturated heterocycles. The molecule has 24 heavy (non-hydrogen) atoms. The summed E-state index contributed by atoms with van der Waals surface area (Å²) in [7, 11) is 1.55. The Labute approximate surface area is 147 Å². The highest BCUT2D eigenvalue weighted by atomic mass is 35.5. The molecule has 0 bridgehead atoms. The average Bonchev–Trinajstić information content (AvgIpc) is 2.63. The largest absolute Gasteiger partial charge is 0.495 e. The number of benzene rings is 2. The van der Waals surface area contributed by atoms with Gasteiger partial charge in [-0.2, -0.15) is 0 Å². The van der Waals surface area contributed by atoms with E-state index in [0.717, 1.165) is 24.5 Å². The lowest BCUT2D eigenvalue weighted by molar-refractivity contribution is 0.102. The molecule has 1 aliphatic heterocycles. The Balaban J connectivity index is 1.80. The van der Waals surface area contributed by atoms with E-state index in [2.05, 4.69) is 16.3 Å². The van der Waals surface area contributed by atoms with Crippen molar-refractivity contribution in [3.63, 3.8) is 0 Å². The zero-order valence-electron chi connectivity index (χ0n) is 13.7. The van der Waals surface area contributed by atoms with E-state index in [1.807, 2.05) is 18.2 Å². The molecule has 3 rings (SSSR count). The van der Waals surface area contributed by atoms with Crippen molar-refractivity contribution in [2.24, 2.45) is 0 Å². The number of para-hydroxylation sites is 2. The molecule has 2 aromatic carbocycles. The lowest BCUT2D eigenvalue weighted by Crippen LogP contribution is -2.30. The van der Waals surface area contributed by atoms with Gasteiger partial charge in [0.05, 0.1) is 23.5 Å². The first-order chi connectivity index (χ1) is 11.7. The van der Waals surface area contributed by atoms with Crippen molar-refractivity contribution < 1.29 is 9.53 Å². The molecule has 0 radical (unpaired) electrons. The number of amides is 1. The molecule has 126 valence electrons. The van der Waals surface area contributed by atoms with Crippen LogP contribution < -0.4 is 15.0 Å². The van der Waals surface area contributed by atoms with Crippen LogP contribution in [-0.4, -0.2) is 26.1 Å². The van der Waals surface area contributed by atoms with E-state index >= 15 is 0 Å². The Kier molecular flexibility index (Phi) is 5.26. The Hall–Kier alpha value is -2.20. The molecule has 4 nitrogen and oxygen atoms in total. The van der Waals surface area contributed by atoms with Crippen LogP contribution >= 0.6 is 11.6 Å². The van der Waals surface area contributed by atoms with Gasteiger partial charge in [0.15, 0.2) is 0 Å². The molecule has 1 N–H and O–H groups in total. The molecule has 1 fully saturated rings. The summed E-state index contributed by atoms with van der Waals surface area (Å²) in [5, 5.41) is 3.43. The normalized spacial score (nSPS) is 14.3. The van der Waals surface area contributed by atoms with Crippen molar-refractivity contribution in [2.45, 2.75) is 19.3 Å². The van der Waals surface area contributed by atoms with Crippen LogP contribution in [0, 0.1) is 0 Å². The van der Waals surface area contributed by atoms with Crippen LogP contribution in [0.4, 0.5) is 11.4 Å². The summed E-state index contributed by atoms with van der Waals surface area (Å²) in [5.41, 5.74) is 2.41. The van der Waals surface area contributed by atoms with Crippen LogP contribution in [0.5, 0.6) is 5.75 Å². The fraction of sp³-hybridized carbons (Fsp3) is 0.316. The summed E-state index contributed by atoms with van der Waals surface area (Å²) in [6.45, 7) is 2.06. The number of nitrogens with one attached hydrogen (secondary N) is 1. The van der Waals surface area contributed by atoms with Crippen molar-refractivity contribution in [1.82, 2.24) is 0 Å². The van der Waals surface area contributed by atoms with Gasteiger partial charge in [0, 0.05) is 18.7 Å². The van der Waals surface area contributed by atoms with E-state index in [1.165, 1.54) is 19.3 Å². The number of carbonyl (C=O) groups excluding carboxylic acids is 1. The third-order valence-electron chi connectivity index (χ3n) is 4.26. The Morgan fingerprint density at radius 1 is 1.12 bits per heavy atom. The van der Waals surface area contributed by atoms with Gasteiger partial charge < -0.3 is 15.0 Å². The van der Waals surface area contributed by atoms with Gasteiger partial charge >= 0.3 is 0 Å². The first kappa shape index (κ1) is 16.7. The van der Waals surface area contributed by atoms with E-state index in [4.69, 9.17) is 16.3 Å². The molecule has 1 heterocycles. The monoisotopic (exact) mass is 344 g/mol. The molecule has 0 atom stereocenters. The number of ether oxygens (including phenoxy) is 1. The number of hydrogen-bond donors (Lipinski definition) is 1. The van der Waals surface area contributed by atoms with Crippen LogP contribution in [0.3, 0.4) is 0 Å². The summed E-state index contributed by atoms with van der Waals surface area (Å²) in [4.78, 5) is 14.9. The summed E-state index contributed by atoms with van der Waals surface area (Å²) >= 11 is 6.12. The molecule has 1 aliphatic rings. The lowest BCUT2D eigenvalue weighted by Gasteiger charge is -2.30. The second kappa shape index (κ2) is 7.58.